The van der Waals surface area contributed by atoms with Crippen LogP contribution in [0.2, 0.25) is 5.15 Å². The smallest absolute Gasteiger partial charge is 0.338 e. The van der Waals surface area contributed by atoms with Crippen LogP contribution in [0.5, 0.6) is 0 Å². The summed E-state index contributed by atoms with van der Waals surface area (Å²) >= 11 is 7.30. The van der Waals surface area contributed by atoms with Crippen molar-refractivity contribution < 1.29 is 9.90 Å². The minimum atomic E-state index is -1.06. The lowest BCUT2D eigenvalue weighted by atomic mass is 10.1. The van der Waals surface area contributed by atoms with Crippen molar-refractivity contribution in [3.05, 3.63) is 40.0 Å². The van der Waals surface area contributed by atoms with Crippen molar-refractivity contribution in [2.45, 2.75) is 13.3 Å². The molecule has 0 amide bonds. The first-order valence-corrected chi connectivity index (χ1v) is 6.34. The van der Waals surface area contributed by atoms with Gasteiger partial charge in [-0.05, 0) is 29.5 Å². The Hall–Kier alpha value is -1.39. The van der Waals surface area contributed by atoms with Gasteiger partial charge in [0.1, 0.15) is 5.15 Å². The standard InChI is InChI=1S/C12H10ClNO2S/c1-2-7-3-10(17-6-7)8-4-9(12(15)16)11(13)14-5-8/h3-6H,2H2,1H3,(H,15,16). The molecular formula is C12H10ClNO2S. The molecule has 0 radical (unpaired) electrons. The summed E-state index contributed by atoms with van der Waals surface area (Å²) in [6.07, 6.45) is 2.56. The molecule has 0 saturated carbocycles. The summed E-state index contributed by atoms with van der Waals surface area (Å²) in [6, 6.07) is 3.60. The monoisotopic (exact) mass is 267 g/mol. The van der Waals surface area contributed by atoms with E-state index in [-0.39, 0.29) is 10.7 Å². The third-order valence-electron chi connectivity index (χ3n) is 2.42. The average Bonchev–Trinajstić information content (AvgIpc) is 2.78. The highest BCUT2D eigenvalue weighted by atomic mass is 35.5. The van der Waals surface area contributed by atoms with Gasteiger partial charge in [0.05, 0.1) is 5.56 Å². The lowest BCUT2D eigenvalue weighted by molar-refractivity contribution is 0.0696. The van der Waals surface area contributed by atoms with Crippen LogP contribution in [0, 0.1) is 0 Å². The Labute approximate surface area is 108 Å². The number of hydrogen-bond donors (Lipinski definition) is 1. The Morgan fingerprint density at radius 2 is 2.29 bits per heavy atom. The zero-order chi connectivity index (χ0) is 12.4. The quantitative estimate of drug-likeness (QED) is 0.862. The van der Waals surface area contributed by atoms with Gasteiger partial charge in [0.25, 0.3) is 0 Å². The molecule has 0 spiro atoms. The summed E-state index contributed by atoms with van der Waals surface area (Å²) in [5.41, 5.74) is 2.06. The van der Waals surface area contributed by atoms with Crippen molar-refractivity contribution in [1.82, 2.24) is 4.98 Å². The molecular weight excluding hydrogens is 258 g/mol. The summed E-state index contributed by atoms with van der Waals surface area (Å²) in [6.45, 7) is 2.08. The van der Waals surface area contributed by atoms with Crippen molar-refractivity contribution >= 4 is 28.9 Å². The number of carbonyl (C=O) groups is 1. The largest absolute Gasteiger partial charge is 0.478 e. The molecule has 0 aliphatic rings. The van der Waals surface area contributed by atoms with Crippen LogP contribution in [0.25, 0.3) is 10.4 Å². The lowest BCUT2D eigenvalue weighted by Crippen LogP contribution is -1.99. The van der Waals surface area contributed by atoms with Crippen molar-refractivity contribution in [3.8, 4) is 10.4 Å². The molecule has 2 aromatic rings. The molecule has 0 aromatic carbocycles. The molecule has 1 N–H and O–H groups in total. The number of carboxylic acid groups (broad SMARTS) is 1. The first-order chi connectivity index (χ1) is 8.11. The molecule has 5 heteroatoms. The first-order valence-electron chi connectivity index (χ1n) is 5.08. The fraction of sp³-hybridized carbons (Fsp3) is 0.167. The van der Waals surface area contributed by atoms with Gasteiger partial charge in [0, 0.05) is 16.6 Å². The number of nitrogens with zero attached hydrogens (tertiary/aromatic N) is 1. The maximum Gasteiger partial charge on any atom is 0.338 e. The zero-order valence-electron chi connectivity index (χ0n) is 9.11. The molecule has 2 aromatic heterocycles. The number of aromatic carboxylic acids is 1. The van der Waals surface area contributed by atoms with Crippen molar-refractivity contribution in [1.29, 1.82) is 0 Å². The number of halogens is 1. The molecule has 3 nitrogen and oxygen atoms in total. The Balaban J connectivity index is 2.46. The SMILES string of the molecule is CCc1csc(-c2cnc(Cl)c(C(=O)O)c2)c1. The van der Waals surface area contributed by atoms with Crippen LogP contribution in [0.3, 0.4) is 0 Å². The molecule has 0 fully saturated rings. The van der Waals surface area contributed by atoms with Crippen LogP contribution < -0.4 is 0 Å². The van der Waals surface area contributed by atoms with Gasteiger partial charge in [-0.1, -0.05) is 18.5 Å². The number of pyridine rings is 1. The van der Waals surface area contributed by atoms with Crippen LogP contribution >= 0.6 is 22.9 Å². The summed E-state index contributed by atoms with van der Waals surface area (Å²) in [5, 5.41) is 11.0. The number of rotatable bonds is 3. The molecule has 0 unspecified atom stereocenters. The second kappa shape index (κ2) is 4.85. The molecule has 0 aliphatic carbocycles. The summed E-state index contributed by atoms with van der Waals surface area (Å²) in [7, 11) is 0. The normalized spacial score (nSPS) is 10.5. The van der Waals surface area contributed by atoms with Crippen molar-refractivity contribution in [2.24, 2.45) is 0 Å². The van der Waals surface area contributed by atoms with E-state index < -0.39 is 5.97 Å². The first kappa shape index (κ1) is 12.1. The number of aromatic nitrogens is 1. The van der Waals surface area contributed by atoms with E-state index >= 15 is 0 Å². The Morgan fingerprint density at radius 3 is 2.88 bits per heavy atom. The fourth-order valence-corrected chi connectivity index (χ4v) is 2.61. The van der Waals surface area contributed by atoms with E-state index in [1.807, 2.05) is 6.07 Å². The Kier molecular flexibility index (Phi) is 3.45. The van der Waals surface area contributed by atoms with Crippen LogP contribution in [0.1, 0.15) is 22.8 Å². The summed E-state index contributed by atoms with van der Waals surface area (Å²) in [5.74, 6) is -1.06. The van der Waals surface area contributed by atoms with Crippen molar-refractivity contribution in [3.63, 3.8) is 0 Å². The van der Waals surface area contributed by atoms with Gasteiger partial charge in [-0.15, -0.1) is 11.3 Å². The van der Waals surface area contributed by atoms with Crippen LogP contribution in [0.4, 0.5) is 0 Å². The number of aryl methyl sites for hydroxylation is 1. The molecule has 88 valence electrons. The van der Waals surface area contributed by atoms with Crippen LogP contribution in [0.15, 0.2) is 23.7 Å². The average molecular weight is 268 g/mol. The van der Waals surface area contributed by atoms with Crippen LogP contribution in [-0.4, -0.2) is 16.1 Å². The number of thiophene rings is 1. The molecule has 0 saturated heterocycles. The zero-order valence-corrected chi connectivity index (χ0v) is 10.7. The van der Waals surface area contributed by atoms with Crippen molar-refractivity contribution in [2.75, 3.05) is 0 Å². The van der Waals surface area contributed by atoms with Gasteiger partial charge in [0.2, 0.25) is 0 Å². The van der Waals surface area contributed by atoms with E-state index in [4.69, 9.17) is 16.7 Å². The van der Waals surface area contributed by atoms with E-state index in [1.165, 1.54) is 5.56 Å². The predicted molar refractivity (Wildman–Crippen MR) is 68.9 cm³/mol. The molecule has 0 bridgehead atoms. The lowest BCUT2D eigenvalue weighted by Gasteiger charge is -2.01. The second-order valence-electron chi connectivity index (χ2n) is 3.54. The molecule has 2 rings (SSSR count). The minimum Gasteiger partial charge on any atom is -0.478 e. The van der Waals surface area contributed by atoms with E-state index in [0.717, 1.165) is 16.9 Å². The Morgan fingerprint density at radius 1 is 1.53 bits per heavy atom. The van der Waals surface area contributed by atoms with Gasteiger partial charge < -0.3 is 5.11 Å². The molecule has 2 heterocycles. The van der Waals surface area contributed by atoms with Gasteiger partial charge in [0.15, 0.2) is 0 Å². The van der Waals surface area contributed by atoms with Gasteiger partial charge in [-0.2, -0.15) is 0 Å². The Bertz CT molecular complexity index is 565. The topological polar surface area (TPSA) is 50.2 Å². The molecule has 0 aliphatic heterocycles. The van der Waals surface area contributed by atoms with E-state index in [1.54, 1.807) is 23.6 Å². The highest BCUT2D eigenvalue weighted by Gasteiger charge is 2.12. The number of hydrogen-bond acceptors (Lipinski definition) is 3. The summed E-state index contributed by atoms with van der Waals surface area (Å²) < 4.78 is 0. The highest BCUT2D eigenvalue weighted by molar-refractivity contribution is 7.13. The molecule has 17 heavy (non-hydrogen) atoms. The van der Waals surface area contributed by atoms with Gasteiger partial charge in [-0.3, -0.25) is 0 Å². The second-order valence-corrected chi connectivity index (χ2v) is 4.81. The third kappa shape index (κ3) is 2.48. The third-order valence-corrected chi connectivity index (χ3v) is 3.75. The maximum absolute atomic E-state index is 10.9. The fourth-order valence-electron chi connectivity index (χ4n) is 1.45. The summed E-state index contributed by atoms with van der Waals surface area (Å²) in [4.78, 5) is 15.9. The van der Waals surface area contributed by atoms with E-state index in [9.17, 15) is 4.79 Å². The maximum atomic E-state index is 10.9. The predicted octanol–water partition coefficient (Wildman–Crippen LogP) is 3.72. The van der Waals surface area contributed by atoms with E-state index in [0.29, 0.717) is 0 Å². The van der Waals surface area contributed by atoms with Gasteiger partial charge in [-0.25, -0.2) is 9.78 Å². The van der Waals surface area contributed by atoms with E-state index in [2.05, 4.69) is 17.3 Å². The van der Waals surface area contributed by atoms with Gasteiger partial charge >= 0.3 is 5.97 Å². The number of carboxylic acids is 1. The highest BCUT2D eigenvalue weighted by Crippen LogP contribution is 2.29. The van der Waals surface area contributed by atoms with Crippen LogP contribution in [-0.2, 0) is 6.42 Å². The molecule has 0 atom stereocenters. The minimum absolute atomic E-state index is 0.0218.